The molecule has 4 nitrogen and oxygen atoms in total. The molecule has 1 aliphatic heterocycles. The SMILES string of the molecule is OCc1ccc(CNC2CCOCC2)o1. The molecule has 2 rings (SSSR count). The van der Waals surface area contributed by atoms with Gasteiger partial charge in [-0.15, -0.1) is 0 Å². The van der Waals surface area contributed by atoms with Gasteiger partial charge in [-0.3, -0.25) is 0 Å². The molecule has 1 aliphatic rings. The van der Waals surface area contributed by atoms with E-state index in [4.69, 9.17) is 14.3 Å². The molecule has 1 fully saturated rings. The summed E-state index contributed by atoms with van der Waals surface area (Å²) in [6.07, 6.45) is 2.13. The van der Waals surface area contributed by atoms with Crippen molar-refractivity contribution in [3.63, 3.8) is 0 Å². The number of rotatable bonds is 4. The molecule has 0 radical (unpaired) electrons. The second-order valence-corrected chi connectivity index (χ2v) is 3.79. The fraction of sp³-hybridized carbons (Fsp3) is 0.636. The topological polar surface area (TPSA) is 54.6 Å². The van der Waals surface area contributed by atoms with Gasteiger partial charge in [0.15, 0.2) is 0 Å². The van der Waals surface area contributed by atoms with Crippen LogP contribution in [0, 0.1) is 0 Å². The van der Waals surface area contributed by atoms with Gasteiger partial charge in [0, 0.05) is 19.3 Å². The molecule has 84 valence electrons. The predicted octanol–water partition coefficient (Wildman–Crippen LogP) is 1.04. The molecule has 2 heterocycles. The fourth-order valence-corrected chi connectivity index (χ4v) is 1.75. The summed E-state index contributed by atoms with van der Waals surface area (Å²) in [5, 5.41) is 12.3. The Bertz CT molecular complexity index is 292. The molecule has 0 atom stereocenters. The molecule has 0 bridgehead atoms. The number of ether oxygens (including phenoxy) is 1. The van der Waals surface area contributed by atoms with Crippen LogP contribution in [-0.2, 0) is 17.9 Å². The molecule has 0 aliphatic carbocycles. The third kappa shape index (κ3) is 3.06. The molecule has 0 aromatic carbocycles. The first-order chi connectivity index (χ1) is 7.38. The van der Waals surface area contributed by atoms with Gasteiger partial charge in [0.25, 0.3) is 0 Å². The zero-order valence-electron chi connectivity index (χ0n) is 8.74. The smallest absolute Gasteiger partial charge is 0.129 e. The highest BCUT2D eigenvalue weighted by molar-refractivity contribution is 5.06. The zero-order chi connectivity index (χ0) is 10.5. The molecule has 0 unspecified atom stereocenters. The summed E-state index contributed by atoms with van der Waals surface area (Å²) >= 11 is 0. The number of hydrogen-bond donors (Lipinski definition) is 2. The van der Waals surface area contributed by atoms with Gasteiger partial charge < -0.3 is 19.6 Å². The lowest BCUT2D eigenvalue weighted by molar-refractivity contribution is 0.0770. The van der Waals surface area contributed by atoms with Gasteiger partial charge in [0.05, 0.1) is 6.54 Å². The number of furan rings is 1. The van der Waals surface area contributed by atoms with Crippen molar-refractivity contribution >= 4 is 0 Å². The van der Waals surface area contributed by atoms with Gasteiger partial charge in [0.2, 0.25) is 0 Å². The largest absolute Gasteiger partial charge is 0.462 e. The normalized spacial score (nSPS) is 18.2. The molecule has 1 aromatic heterocycles. The van der Waals surface area contributed by atoms with Crippen LogP contribution in [0.25, 0.3) is 0 Å². The maximum absolute atomic E-state index is 8.84. The molecule has 0 spiro atoms. The monoisotopic (exact) mass is 211 g/mol. The van der Waals surface area contributed by atoms with E-state index >= 15 is 0 Å². The van der Waals surface area contributed by atoms with Gasteiger partial charge in [-0.2, -0.15) is 0 Å². The summed E-state index contributed by atoms with van der Waals surface area (Å²) in [6, 6.07) is 4.24. The summed E-state index contributed by atoms with van der Waals surface area (Å²) in [5.41, 5.74) is 0. The Morgan fingerprint density at radius 1 is 1.27 bits per heavy atom. The van der Waals surface area contributed by atoms with Crippen LogP contribution in [0.4, 0.5) is 0 Å². The Hall–Kier alpha value is -0.840. The molecule has 0 amide bonds. The third-order valence-corrected chi connectivity index (χ3v) is 2.66. The number of aliphatic hydroxyl groups is 1. The number of aliphatic hydroxyl groups excluding tert-OH is 1. The van der Waals surface area contributed by atoms with Gasteiger partial charge >= 0.3 is 0 Å². The van der Waals surface area contributed by atoms with E-state index in [9.17, 15) is 0 Å². The first-order valence-electron chi connectivity index (χ1n) is 5.38. The lowest BCUT2D eigenvalue weighted by Gasteiger charge is -2.22. The summed E-state index contributed by atoms with van der Waals surface area (Å²) in [5.74, 6) is 1.50. The first-order valence-corrected chi connectivity index (χ1v) is 5.38. The second kappa shape index (κ2) is 5.30. The van der Waals surface area contributed by atoms with Gasteiger partial charge in [-0.1, -0.05) is 0 Å². The molecular formula is C11H17NO3. The average molecular weight is 211 g/mol. The fourth-order valence-electron chi connectivity index (χ4n) is 1.75. The van der Waals surface area contributed by atoms with E-state index in [0.29, 0.717) is 11.8 Å². The van der Waals surface area contributed by atoms with Crippen molar-refractivity contribution in [2.75, 3.05) is 13.2 Å². The van der Waals surface area contributed by atoms with Crippen LogP contribution in [0.15, 0.2) is 16.5 Å². The van der Waals surface area contributed by atoms with Crippen molar-refractivity contribution in [2.45, 2.75) is 32.0 Å². The van der Waals surface area contributed by atoms with Gasteiger partial charge in [0.1, 0.15) is 18.1 Å². The third-order valence-electron chi connectivity index (χ3n) is 2.66. The van der Waals surface area contributed by atoms with Crippen LogP contribution < -0.4 is 5.32 Å². The van der Waals surface area contributed by atoms with Crippen molar-refractivity contribution < 1.29 is 14.3 Å². The van der Waals surface area contributed by atoms with Crippen LogP contribution in [-0.4, -0.2) is 24.4 Å². The van der Waals surface area contributed by atoms with Gasteiger partial charge in [-0.25, -0.2) is 0 Å². The molecule has 0 saturated carbocycles. The highest BCUT2D eigenvalue weighted by Gasteiger charge is 2.13. The Balaban J connectivity index is 1.76. The first kappa shape index (κ1) is 10.7. The summed E-state index contributed by atoms with van der Waals surface area (Å²) in [4.78, 5) is 0. The second-order valence-electron chi connectivity index (χ2n) is 3.79. The van der Waals surface area contributed by atoms with E-state index in [0.717, 1.165) is 38.4 Å². The summed E-state index contributed by atoms with van der Waals surface area (Å²) in [7, 11) is 0. The quantitative estimate of drug-likeness (QED) is 0.781. The molecule has 1 aromatic rings. The van der Waals surface area contributed by atoms with Crippen molar-refractivity contribution in [3.8, 4) is 0 Å². The maximum Gasteiger partial charge on any atom is 0.129 e. The summed E-state index contributed by atoms with van der Waals surface area (Å²) < 4.78 is 10.7. The minimum atomic E-state index is -0.0305. The minimum Gasteiger partial charge on any atom is -0.462 e. The van der Waals surface area contributed by atoms with Crippen LogP contribution in [0.5, 0.6) is 0 Å². The van der Waals surface area contributed by atoms with Gasteiger partial charge in [-0.05, 0) is 25.0 Å². The maximum atomic E-state index is 8.84. The average Bonchev–Trinajstić information content (AvgIpc) is 2.76. The highest BCUT2D eigenvalue weighted by atomic mass is 16.5. The van der Waals surface area contributed by atoms with E-state index in [2.05, 4.69) is 5.32 Å². The van der Waals surface area contributed by atoms with Crippen molar-refractivity contribution in [1.29, 1.82) is 0 Å². The van der Waals surface area contributed by atoms with Crippen LogP contribution in [0.1, 0.15) is 24.4 Å². The standard InChI is InChI=1S/C11H17NO3/c13-8-11-2-1-10(15-11)7-12-9-3-5-14-6-4-9/h1-2,9,12-13H,3-8H2. The van der Waals surface area contributed by atoms with Crippen molar-refractivity contribution in [1.82, 2.24) is 5.32 Å². The highest BCUT2D eigenvalue weighted by Crippen LogP contribution is 2.10. The molecule has 2 N–H and O–H groups in total. The lowest BCUT2D eigenvalue weighted by Crippen LogP contribution is -2.34. The Morgan fingerprint density at radius 2 is 2.00 bits per heavy atom. The molecule has 15 heavy (non-hydrogen) atoms. The van der Waals surface area contributed by atoms with Crippen molar-refractivity contribution in [2.24, 2.45) is 0 Å². The molecule has 4 heteroatoms. The van der Waals surface area contributed by atoms with E-state index in [-0.39, 0.29) is 6.61 Å². The summed E-state index contributed by atoms with van der Waals surface area (Å²) in [6.45, 7) is 2.39. The minimum absolute atomic E-state index is 0.0305. The van der Waals surface area contributed by atoms with Crippen LogP contribution in [0.2, 0.25) is 0 Å². The van der Waals surface area contributed by atoms with E-state index in [1.54, 1.807) is 6.07 Å². The number of hydrogen-bond acceptors (Lipinski definition) is 4. The Labute approximate surface area is 89.2 Å². The number of nitrogens with one attached hydrogen (secondary N) is 1. The lowest BCUT2D eigenvalue weighted by atomic mass is 10.1. The zero-order valence-corrected chi connectivity index (χ0v) is 8.74. The van der Waals surface area contributed by atoms with E-state index < -0.39 is 0 Å². The van der Waals surface area contributed by atoms with Crippen molar-refractivity contribution in [3.05, 3.63) is 23.7 Å². The Kier molecular flexibility index (Phi) is 3.77. The molecular weight excluding hydrogens is 194 g/mol. The van der Waals surface area contributed by atoms with E-state index in [1.807, 2.05) is 6.07 Å². The van der Waals surface area contributed by atoms with E-state index in [1.165, 1.54) is 0 Å². The predicted molar refractivity (Wildman–Crippen MR) is 55.3 cm³/mol. The van der Waals surface area contributed by atoms with Crippen LogP contribution >= 0.6 is 0 Å². The Morgan fingerprint density at radius 3 is 2.67 bits per heavy atom. The molecule has 1 saturated heterocycles. The van der Waals surface area contributed by atoms with Crippen LogP contribution in [0.3, 0.4) is 0 Å².